The van der Waals surface area contributed by atoms with E-state index in [-0.39, 0.29) is 17.3 Å². The molecule has 2 aliphatic rings. The van der Waals surface area contributed by atoms with E-state index in [9.17, 15) is 14.7 Å². The highest BCUT2D eigenvalue weighted by Crippen LogP contribution is 2.31. The summed E-state index contributed by atoms with van der Waals surface area (Å²) in [5.41, 5.74) is 3.72. The van der Waals surface area contributed by atoms with Crippen LogP contribution in [0.5, 0.6) is 0 Å². The molecule has 26 heavy (non-hydrogen) atoms. The molecule has 8 heteroatoms. The van der Waals surface area contributed by atoms with Crippen LogP contribution >= 0.6 is 0 Å². The maximum Gasteiger partial charge on any atom is 0.356 e. The molecule has 138 valence electrons. The van der Waals surface area contributed by atoms with Gasteiger partial charge in [0.25, 0.3) is 5.56 Å². The van der Waals surface area contributed by atoms with Crippen LogP contribution in [0, 0.1) is 6.92 Å². The molecule has 0 fully saturated rings. The Morgan fingerprint density at radius 2 is 2.08 bits per heavy atom. The fraction of sp³-hybridized carbons (Fsp3) is 0.556. The molecule has 1 N–H and O–H groups in total. The second kappa shape index (κ2) is 6.05. The van der Waals surface area contributed by atoms with Gasteiger partial charge in [0.2, 0.25) is 0 Å². The quantitative estimate of drug-likeness (QED) is 0.876. The summed E-state index contributed by atoms with van der Waals surface area (Å²) in [6.07, 6.45) is 2.40. The van der Waals surface area contributed by atoms with Crippen molar-refractivity contribution >= 4 is 5.97 Å². The third kappa shape index (κ3) is 2.47. The number of carboxylic acids is 1. The van der Waals surface area contributed by atoms with E-state index in [0.29, 0.717) is 26.1 Å². The number of hydrogen-bond acceptors (Lipinski definition) is 5. The van der Waals surface area contributed by atoms with Gasteiger partial charge in [-0.1, -0.05) is 0 Å². The number of fused-ring (bicyclic) bond motifs is 2. The van der Waals surface area contributed by atoms with Gasteiger partial charge in [0.1, 0.15) is 5.82 Å². The zero-order valence-corrected chi connectivity index (χ0v) is 15.3. The van der Waals surface area contributed by atoms with Crippen LogP contribution < -0.4 is 5.56 Å². The lowest BCUT2D eigenvalue weighted by Crippen LogP contribution is -2.36. The van der Waals surface area contributed by atoms with Crippen LogP contribution in [-0.4, -0.2) is 41.3 Å². The maximum atomic E-state index is 12.5. The van der Waals surface area contributed by atoms with E-state index in [2.05, 4.69) is 15.0 Å². The number of nitrogens with zero attached hydrogens (tertiary/aromatic N) is 5. The molecule has 1 aliphatic heterocycles. The Bertz CT molecular complexity index is 959. The fourth-order valence-corrected chi connectivity index (χ4v) is 4.22. The van der Waals surface area contributed by atoms with E-state index < -0.39 is 5.97 Å². The van der Waals surface area contributed by atoms with Crippen LogP contribution in [0.15, 0.2) is 4.79 Å². The number of hydrogen-bond donors (Lipinski definition) is 1. The van der Waals surface area contributed by atoms with Gasteiger partial charge >= 0.3 is 5.97 Å². The van der Waals surface area contributed by atoms with Crippen molar-refractivity contribution in [2.45, 2.75) is 58.8 Å². The molecule has 1 unspecified atom stereocenters. The first-order valence-electron chi connectivity index (χ1n) is 9.02. The van der Waals surface area contributed by atoms with E-state index in [4.69, 9.17) is 0 Å². The monoisotopic (exact) mass is 357 g/mol. The van der Waals surface area contributed by atoms with Gasteiger partial charge in [-0.05, 0) is 33.1 Å². The number of aromatic carboxylic acids is 1. The lowest BCUT2D eigenvalue weighted by molar-refractivity contribution is 0.0687. The summed E-state index contributed by atoms with van der Waals surface area (Å²) in [5, 5.41) is 13.8. The minimum atomic E-state index is -0.968. The average Bonchev–Trinajstić information content (AvgIpc) is 3.20. The number of aromatic nitrogens is 4. The normalized spacial score (nSPS) is 19.4. The highest BCUT2D eigenvalue weighted by atomic mass is 16.4. The molecule has 2 aromatic heterocycles. The van der Waals surface area contributed by atoms with Crippen molar-refractivity contribution in [3.05, 3.63) is 44.4 Å². The predicted octanol–water partition coefficient (Wildman–Crippen LogP) is 0.876. The zero-order valence-electron chi connectivity index (χ0n) is 15.3. The first-order valence-corrected chi connectivity index (χ1v) is 9.02. The number of rotatable bonds is 3. The van der Waals surface area contributed by atoms with Gasteiger partial charge < -0.3 is 5.11 Å². The van der Waals surface area contributed by atoms with Gasteiger partial charge in [0, 0.05) is 44.0 Å². The zero-order chi connectivity index (χ0) is 18.6. The molecule has 0 amide bonds. The van der Waals surface area contributed by atoms with Crippen molar-refractivity contribution in [2.24, 2.45) is 7.05 Å². The van der Waals surface area contributed by atoms with Gasteiger partial charge in [0.05, 0.1) is 11.3 Å². The van der Waals surface area contributed by atoms with Crippen LogP contribution in [0.3, 0.4) is 0 Å². The molecule has 0 radical (unpaired) electrons. The van der Waals surface area contributed by atoms with E-state index in [0.717, 1.165) is 41.2 Å². The summed E-state index contributed by atoms with van der Waals surface area (Å²) in [5.74, 6) is -0.246. The Morgan fingerprint density at radius 1 is 1.31 bits per heavy atom. The SMILES string of the molecule is CCn1nc(C(=O)O)c2c1CCC(N1Cc3nc(C)n(C)c(=O)c3C1)C2. The third-order valence-electron chi connectivity index (χ3n) is 5.75. The Balaban J connectivity index is 1.63. The first-order chi connectivity index (χ1) is 12.4. The summed E-state index contributed by atoms with van der Waals surface area (Å²) in [4.78, 5) is 30.9. The Morgan fingerprint density at radius 3 is 2.77 bits per heavy atom. The molecule has 0 bridgehead atoms. The van der Waals surface area contributed by atoms with Crippen LogP contribution in [-0.2, 0) is 39.5 Å². The van der Waals surface area contributed by atoms with E-state index in [1.54, 1.807) is 11.6 Å². The van der Waals surface area contributed by atoms with Gasteiger partial charge in [0.15, 0.2) is 5.69 Å². The highest BCUT2D eigenvalue weighted by Gasteiger charge is 2.35. The van der Waals surface area contributed by atoms with Crippen molar-refractivity contribution in [3.63, 3.8) is 0 Å². The summed E-state index contributed by atoms with van der Waals surface area (Å²) >= 11 is 0. The second-order valence-corrected chi connectivity index (χ2v) is 7.14. The van der Waals surface area contributed by atoms with Crippen molar-refractivity contribution in [1.82, 2.24) is 24.2 Å². The molecule has 3 heterocycles. The minimum absolute atomic E-state index is 0.0246. The average molecular weight is 357 g/mol. The maximum absolute atomic E-state index is 12.5. The topological polar surface area (TPSA) is 93.2 Å². The second-order valence-electron chi connectivity index (χ2n) is 7.14. The lowest BCUT2D eigenvalue weighted by Gasteiger charge is -2.31. The molecule has 0 saturated heterocycles. The number of carbonyl (C=O) groups is 1. The van der Waals surface area contributed by atoms with Gasteiger partial charge in [-0.15, -0.1) is 0 Å². The van der Waals surface area contributed by atoms with E-state index >= 15 is 0 Å². The van der Waals surface area contributed by atoms with Gasteiger partial charge in [-0.25, -0.2) is 9.78 Å². The standard InChI is InChI=1S/C18H23N5O3/c1-4-23-15-6-5-11(7-12(15)16(20-23)18(25)26)22-8-13-14(9-22)19-10(2)21(3)17(13)24/h11H,4-9H2,1-3H3,(H,25,26). The fourth-order valence-electron chi connectivity index (χ4n) is 4.22. The summed E-state index contributed by atoms with van der Waals surface area (Å²) in [6, 6.07) is 0.203. The number of aryl methyl sites for hydroxylation is 2. The molecule has 2 aromatic rings. The molecule has 0 spiro atoms. The summed E-state index contributed by atoms with van der Waals surface area (Å²) in [7, 11) is 1.75. The highest BCUT2D eigenvalue weighted by molar-refractivity contribution is 5.87. The van der Waals surface area contributed by atoms with Gasteiger partial charge in [-0.3, -0.25) is 18.9 Å². The molecule has 1 atom stereocenters. The minimum Gasteiger partial charge on any atom is -0.476 e. The van der Waals surface area contributed by atoms with Crippen molar-refractivity contribution < 1.29 is 9.90 Å². The first kappa shape index (κ1) is 17.0. The smallest absolute Gasteiger partial charge is 0.356 e. The largest absolute Gasteiger partial charge is 0.476 e. The molecule has 0 saturated carbocycles. The Kier molecular flexibility index (Phi) is 3.95. The molecular weight excluding hydrogens is 334 g/mol. The van der Waals surface area contributed by atoms with Crippen molar-refractivity contribution in [2.75, 3.05) is 0 Å². The van der Waals surface area contributed by atoms with Gasteiger partial charge in [-0.2, -0.15) is 5.10 Å². The van der Waals surface area contributed by atoms with E-state index in [1.807, 2.05) is 18.5 Å². The van der Waals surface area contributed by atoms with Crippen LogP contribution in [0.2, 0.25) is 0 Å². The Hall–Kier alpha value is -2.48. The summed E-state index contributed by atoms with van der Waals surface area (Å²) in [6.45, 7) is 5.73. The Labute approximate surface area is 151 Å². The summed E-state index contributed by atoms with van der Waals surface area (Å²) < 4.78 is 3.41. The van der Waals surface area contributed by atoms with Crippen LogP contribution in [0.25, 0.3) is 0 Å². The molecule has 1 aliphatic carbocycles. The van der Waals surface area contributed by atoms with Crippen LogP contribution in [0.4, 0.5) is 0 Å². The van der Waals surface area contributed by atoms with Crippen molar-refractivity contribution in [1.29, 1.82) is 0 Å². The third-order valence-corrected chi connectivity index (χ3v) is 5.75. The molecule has 0 aromatic carbocycles. The van der Waals surface area contributed by atoms with Crippen molar-refractivity contribution in [3.8, 4) is 0 Å². The predicted molar refractivity (Wildman–Crippen MR) is 94.1 cm³/mol. The molecular formula is C18H23N5O3. The van der Waals surface area contributed by atoms with Crippen LogP contribution in [0.1, 0.15) is 52.2 Å². The molecule has 4 rings (SSSR count). The molecule has 8 nitrogen and oxygen atoms in total. The number of carboxylic acid groups (broad SMARTS) is 1. The lowest BCUT2D eigenvalue weighted by atomic mass is 9.90. The van der Waals surface area contributed by atoms with E-state index in [1.165, 1.54) is 0 Å².